The third kappa shape index (κ3) is 2.59. The topological polar surface area (TPSA) is 73.4 Å². The molecule has 0 fully saturated rings. The summed E-state index contributed by atoms with van der Waals surface area (Å²) in [7, 11) is 3.12. The van der Waals surface area contributed by atoms with Gasteiger partial charge in [-0.15, -0.1) is 0 Å². The van der Waals surface area contributed by atoms with E-state index in [-0.39, 0.29) is 0 Å². The Morgan fingerprint density at radius 1 is 1.25 bits per heavy atom. The van der Waals surface area contributed by atoms with Gasteiger partial charge in [0.25, 0.3) is 0 Å². The minimum Gasteiger partial charge on any atom is -0.493 e. The highest BCUT2D eigenvalue weighted by atomic mass is 16.5. The number of esters is 1. The number of benzene rings is 1. The van der Waals surface area contributed by atoms with Crippen LogP contribution in [0.2, 0.25) is 0 Å². The van der Waals surface area contributed by atoms with E-state index in [0.29, 0.717) is 29.4 Å². The first-order valence-corrected chi connectivity index (χ1v) is 6.14. The molecule has 0 bridgehead atoms. The molecular formula is C14H16N2O4. The first-order chi connectivity index (χ1) is 9.71. The van der Waals surface area contributed by atoms with Crippen LogP contribution in [-0.4, -0.2) is 37.0 Å². The van der Waals surface area contributed by atoms with E-state index in [1.165, 1.54) is 6.20 Å². The molecule has 106 valence electrons. The van der Waals surface area contributed by atoms with Crippen LogP contribution in [0.1, 0.15) is 17.3 Å². The Labute approximate surface area is 116 Å². The van der Waals surface area contributed by atoms with Gasteiger partial charge in [0.05, 0.1) is 32.7 Å². The lowest BCUT2D eigenvalue weighted by molar-refractivity contribution is 0.0527. The molecule has 2 aromatic rings. The molecule has 2 rings (SSSR count). The fourth-order valence-electron chi connectivity index (χ4n) is 1.86. The average Bonchev–Trinajstić information content (AvgIpc) is 2.96. The van der Waals surface area contributed by atoms with E-state index in [9.17, 15) is 4.79 Å². The lowest BCUT2D eigenvalue weighted by atomic mass is 10.1. The molecule has 1 aromatic heterocycles. The van der Waals surface area contributed by atoms with Gasteiger partial charge < -0.3 is 14.2 Å². The molecule has 0 unspecified atom stereocenters. The number of methoxy groups -OCH3 is 2. The standard InChI is InChI=1S/C14H16N2O4/c1-4-20-14(17)10-8-15-16-13(10)9-5-6-11(18-2)12(7-9)19-3/h5-8H,4H2,1-3H3,(H,15,16). The van der Waals surface area contributed by atoms with E-state index >= 15 is 0 Å². The van der Waals surface area contributed by atoms with Gasteiger partial charge in [0.2, 0.25) is 0 Å². The molecule has 0 atom stereocenters. The highest BCUT2D eigenvalue weighted by Gasteiger charge is 2.17. The highest BCUT2D eigenvalue weighted by Crippen LogP contribution is 2.32. The summed E-state index contributed by atoms with van der Waals surface area (Å²) < 4.78 is 15.4. The number of hydrogen-bond donors (Lipinski definition) is 1. The number of carbonyl (C=O) groups excluding carboxylic acids is 1. The predicted octanol–water partition coefficient (Wildman–Crippen LogP) is 2.27. The summed E-state index contributed by atoms with van der Waals surface area (Å²) in [6.45, 7) is 2.07. The Hall–Kier alpha value is -2.50. The monoisotopic (exact) mass is 276 g/mol. The van der Waals surface area contributed by atoms with E-state index in [1.807, 2.05) is 6.07 Å². The second kappa shape index (κ2) is 6.10. The van der Waals surface area contributed by atoms with Crippen LogP contribution in [0.4, 0.5) is 0 Å². The lowest BCUT2D eigenvalue weighted by Crippen LogP contribution is -2.05. The summed E-state index contributed by atoms with van der Waals surface area (Å²) in [5, 5.41) is 6.70. The Morgan fingerprint density at radius 3 is 2.65 bits per heavy atom. The summed E-state index contributed by atoms with van der Waals surface area (Å²) >= 11 is 0. The fourth-order valence-corrected chi connectivity index (χ4v) is 1.86. The van der Waals surface area contributed by atoms with Crippen molar-refractivity contribution in [2.45, 2.75) is 6.92 Å². The summed E-state index contributed by atoms with van der Waals surface area (Å²) in [6, 6.07) is 5.36. The molecule has 1 heterocycles. The zero-order valence-corrected chi connectivity index (χ0v) is 11.6. The van der Waals surface area contributed by atoms with E-state index < -0.39 is 5.97 Å². The van der Waals surface area contributed by atoms with Crippen molar-refractivity contribution < 1.29 is 19.0 Å². The van der Waals surface area contributed by atoms with Gasteiger partial charge in [0, 0.05) is 5.56 Å². The zero-order chi connectivity index (χ0) is 14.5. The number of hydrogen-bond acceptors (Lipinski definition) is 5. The smallest absolute Gasteiger partial charge is 0.341 e. The van der Waals surface area contributed by atoms with Crippen LogP contribution < -0.4 is 9.47 Å². The van der Waals surface area contributed by atoms with Crippen molar-refractivity contribution in [3.8, 4) is 22.8 Å². The molecule has 0 aliphatic heterocycles. The number of carbonyl (C=O) groups is 1. The van der Waals surface area contributed by atoms with Crippen LogP contribution >= 0.6 is 0 Å². The van der Waals surface area contributed by atoms with Crippen molar-refractivity contribution in [3.63, 3.8) is 0 Å². The summed E-state index contributed by atoms with van der Waals surface area (Å²) in [5.41, 5.74) is 1.74. The van der Waals surface area contributed by atoms with Gasteiger partial charge in [-0.05, 0) is 25.1 Å². The lowest BCUT2D eigenvalue weighted by Gasteiger charge is -2.09. The van der Waals surface area contributed by atoms with Crippen LogP contribution in [0.3, 0.4) is 0 Å². The van der Waals surface area contributed by atoms with Crippen molar-refractivity contribution in [3.05, 3.63) is 30.0 Å². The Morgan fingerprint density at radius 2 is 2.00 bits per heavy atom. The van der Waals surface area contributed by atoms with Gasteiger partial charge in [0.15, 0.2) is 11.5 Å². The normalized spacial score (nSPS) is 10.2. The van der Waals surface area contributed by atoms with E-state index in [1.54, 1.807) is 33.3 Å². The molecule has 1 N–H and O–H groups in total. The first-order valence-electron chi connectivity index (χ1n) is 6.14. The van der Waals surface area contributed by atoms with Gasteiger partial charge in [-0.2, -0.15) is 5.10 Å². The molecule has 0 saturated heterocycles. The van der Waals surface area contributed by atoms with Gasteiger partial charge in [0.1, 0.15) is 5.56 Å². The number of nitrogens with zero attached hydrogens (tertiary/aromatic N) is 1. The number of H-pyrrole nitrogens is 1. The maximum atomic E-state index is 11.8. The molecule has 0 aliphatic carbocycles. The molecule has 0 radical (unpaired) electrons. The third-order valence-electron chi connectivity index (χ3n) is 2.81. The molecule has 0 amide bonds. The van der Waals surface area contributed by atoms with Gasteiger partial charge in [-0.25, -0.2) is 4.79 Å². The molecule has 0 spiro atoms. The number of rotatable bonds is 5. The Balaban J connectivity index is 2.42. The maximum Gasteiger partial charge on any atom is 0.341 e. The minimum absolute atomic E-state index is 0.315. The second-order valence-corrected chi connectivity index (χ2v) is 3.95. The predicted molar refractivity (Wildman–Crippen MR) is 73.1 cm³/mol. The quantitative estimate of drug-likeness (QED) is 0.848. The fraction of sp³-hybridized carbons (Fsp3) is 0.286. The molecule has 1 aromatic carbocycles. The van der Waals surface area contributed by atoms with Crippen LogP contribution in [0.5, 0.6) is 11.5 Å². The van der Waals surface area contributed by atoms with Crippen molar-refractivity contribution >= 4 is 5.97 Å². The number of aromatic nitrogens is 2. The van der Waals surface area contributed by atoms with Crippen LogP contribution in [-0.2, 0) is 4.74 Å². The highest BCUT2D eigenvalue weighted by molar-refractivity contribution is 5.96. The van der Waals surface area contributed by atoms with Gasteiger partial charge >= 0.3 is 5.97 Å². The van der Waals surface area contributed by atoms with Crippen molar-refractivity contribution in [2.24, 2.45) is 0 Å². The summed E-state index contributed by atoms with van der Waals surface area (Å²) in [6.07, 6.45) is 1.45. The SMILES string of the molecule is CCOC(=O)c1cn[nH]c1-c1ccc(OC)c(OC)c1. The van der Waals surface area contributed by atoms with Crippen LogP contribution in [0.25, 0.3) is 11.3 Å². The number of nitrogens with one attached hydrogen (secondary N) is 1. The van der Waals surface area contributed by atoms with E-state index in [4.69, 9.17) is 14.2 Å². The van der Waals surface area contributed by atoms with Crippen molar-refractivity contribution in [1.29, 1.82) is 0 Å². The summed E-state index contributed by atoms with van der Waals surface area (Å²) in [4.78, 5) is 11.8. The van der Waals surface area contributed by atoms with Crippen molar-refractivity contribution in [2.75, 3.05) is 20.8 Å². The van der Waals surface area contributed by atoms with E-state index in [0.717, 1.165) is 5.56 Å². The average molecular weight is 276 g/mol. The third-order valence-corrected chi connectivity index (χ3v) is 2.81. The zero-order valence-electron chi connectivity index (χ0n) is 11.6. The molecule has 20 heavy (non-hydrogen) atoms. The van der Waals surface area contributed by atoms with E-state index in [2.05, 4.69) is 10.2 Å². The first kappa shape index (κ1) is 13.9. The second-order valence-electron chi connectivity index (χ2n) is 3.95. The van der Waals surface area contributed by atoms with Gasteiger partial charge in [-0.1, -0.05) is 0 Å². The molecular weight excluding hydrogens is 260 g/mol. The minimum atomic E-state index is -0.411. The summed E-state index contributed by atoms with van der Waals surface area (Å²) in [5.74, 6) is 0.786. The molecule has 6 heteroatoms. The molecule has 0 saturated carbocycles. The largest absolute Gasteiger partial charge is 0.493 e. The van der Waals surface area contributed by atoms with Crippen LogP contribution in [0, 0.1) is 0 Å². The Kier molecular flexibility index (Phi) is 4.24. The van der Waals surface area contributed by atoms with Crippen LogP contribution in [0.15, 0.2) is 24.4 Å². The van der Waals surface area contributed by atoms with Gasteiger partial charge in [-0.3, -0.25) is 5.10 Å². The molecule has 0 aliphatic rings. The number of aromatic amines is 1. The maximum absolute atomic E-state index is 11.8. The molecule has 6 nitrogen and oxygen atoms in total. The Bertz CT molecular complexity index is 607. The number of ether oxygens (including phenoxy) is 3. The van der Waals surface area contributed by atoms with Crippen molar-refractivity contribution in [1.82, 2.24) is 10.2 Å².